The van der Waals surface area contributed by atoms with Crippen molar-refractivity contribution in [3.05, 3.63) is 23.3 Å². The Labute approximate surface area is 69.8 Å². The number of rotatable bonds is 1. The zero-order valence-corrected chi connectivity index (χ0v) is 6.88. The molecule has 0 atom stereocenters. The smallest absolute Gasteiger partial charge is 0.192 e. The fraction of sp³-hybridized carbons (Fsp3) is 0.222. The van der Waals surface area contributed by atoms with Crippen LogP contribution in [-0.2, 0) is 14.4 Å². The van der Waals surface area contributed by atoms with Gasteiger partial charge in [-0.25, -0.2) is 0 Å². The van der Waals surface area contributed by atoms with Gasteiger partial charge in [0.1, 0.15) is 0 Å². The molecular weight excluding hydrogens is 156 g/mol. The van der Waals surface area contributed by atoms with Crippen LogP contribution in [0.5, 0.6) is 0 Å². The highest BCUT2D eigenvalue weighted by Crippen LogP contribution is 2.12. The van der Waals surface area contributed by atoms with Gasteiger partial charge in [-0.05, 0) is 19.9 Å². The molecule has 0 bridgehead atoms. The molecule has 3 nitrogen and oxygen atoms in total. The highest BCUT2D eigenvalue weighted by Gasteiger charge is 2.21. The number of carbonyl (C=O) groups is 3. The zero-order valence-electron chi connectivity index (χ0n) is 6.88. The van der Waals surface area contributed by atoms with Gasteiger partial charge >= 0.3 is 0 Å². The number of hydrogen-bond acceptors (Lipinski definition) is 3. The lowest BCUT2D eigenvalue weighted by atomic mass is 9.95. The quantitative estimate of drug-likeness (QED) is 0.421. The highest BCUT2D eigenvalue weighted by atomic mass is 16.2. The van der Waals surface area contributed by atoms with E-state index < -0.39 is 0 Å². The van der Waals surface area contributed by atoms with Crippen molar-refractivity contribution in [1.29, 1.82) is 0 Å². The SMILES string of the molecule is CC(=O)C1=CC(=O)C=C(C)C1=O. The summed E-state index contributed by atoms with van der Waals surface area (Å²) in [6.07, 6.45) is 2.31. The van der Waals surface area contributed by atoms with Crippen molar-refractivity contribution in [3.63, 3.8) is 0 Å². The first kappa shape index (κ1) is 8.59. The second-order valence-electron chi connectivity index (χ2n) is 2.67. The van der Waals surface area contributed by atoms with Gasteiger partial charge in [0, 0.05) is 11.6 Å². The molecular formula is C9H8O3. The topological polar surface area (TPSA) is 51.2 Å². The Morgan fingerprint density at radius 3 is 2.33 bits per heavy atom. The van der Waals surface area contributed by atoms with Gasteiger partial charge < -0.3 is 0 Å². The molecule has 0 aromatic rings. The summed E-state index contributed by atoms with van der Waals surface area (Å²) in [5.74, 6) is -1.000. The van der Waals surface area contributed by atoms with Gasteiger partial charge in [0.25, 0.3) is 0 Å². The fourth-order valence-electron chi connectivity index (χ4n) is 1.00. The number of ketones is 3. The normalized spacial score (nSPS) is 17.2. The van der Waals surface area contributed by atoms with Gasteiger partial charge in [-0.1, -0.05) is 0 Å². The van der Waals surface area contributed by atoms with Crippen LogP contribution in [0.3, 0.4) is 0 Å². The Hall–Kier alpha value is -1.51. The molecule has 0 aromatic heterocycles. The van der Waals surface area contributed by atoms with Crippen LogP contribution < -0.4 is 0 Å². The highest BCUT2D eigenvalue weighted by molar-refractivity contribution is 6.31. The second kappa shape index (κ2) is 2.85. The van der Waals surface area contributed by atoms with E-state index in [9.17, 15) is 14.4 Å². The van der Waals surface area contributed by atoms with Crippen molar-refractivity contribution in [2.24, 2.45) is 0 Å². The molecule has 0 radical (unpaired) electrons. The predicted molar refractivity (Wildman–Crippen MR) is 42.5 cm³/mol. The number of allylic oxidation sites excluding steroid dienone is 4. The molecule has 62 valence electrons. The molecule has 3 heteroatoms. The Morgan fingerprint density at radius 2 is 1.83 bits per heavy atom. The summed E-state index contributed by atoms with van der Waals surface area (Å²) in [6.45, 7) is 2.80. The minimum Gasteiger partial charge on any atom is -0.294 e. The first-order chi connectivity index (χ1) is 5.52. The van der Waals surface area contributed by atoms with E-state index in [1.165, 1.54) is 19.9 Å². The van der Waals surface area contributed by atoms with E-state index in [1.807, 2.05) is 0 Å². The van der Waals surface area contributed by atoms with Crippen molar-refractivity contribution >= 4 is 17.3 Å². The Kier molecular flexibility index (Phi) is 2.04. The van der Waals surface area contributed by atoms with Gasteiger partial charge in [0.05, 0.1) is 5.57 Å². The number of carbonyl (C=O) groups excluding carboxylic acids is 3. The molecule has 0 amide bonds. The lowest BCUT2D eigenvalue weighted by Crippen LogP contribution is -2.17. The van der Waals surface area contributed by atoms with Crippen molar-refractivity contribution in [1.82, 2.24) is 0 Å². The Balaban J connectivity index is 3.12. The molecule has 0 aliphatic heterocycles. The van der Waals surface area contributed by atoms with Crippen LogP contribution in [0.4, 0.5) is 0 Å². The number of hydrogen-bond donors (Lipinski definition) is 0. The monoisotopic (exact) mass is 164 g/mol. The molecule has 0 fully saturated rings. The van der Waals surface area contributed by atoms with E-state index in [0.717, 1.165) is 6.08 Å². The summed E-state index contributed by atoms with van der Waals surface area (Å²) in [7, 11) is 0. The minimum atomic E-state index is -0.360. The molecule has 0 aromatic carbocycles. The average molecular weight is 164 g/mol. The van der Waals surface area contributed by atoms with Crippen LogP contribution in [0.1, 0.15) is 13.8 Å². The van der Waals surface area contributed by atoms with Crippen LogP contribution in [0, 0.1) is 0 Å². The second-order valence-corrected chi connectivity index (χ2v) is 2.67. The maximum atomic E-state index is 11.2. The summed E-state index contributed by atoms with van der Waals surface area (Å²) in [6, 6.07) is 0. The van der Waals surface area contributed by atoms with E-state index in [2.05, 4.69) is 0 Å². The lowest BCUT2D eigenvalue weighted by molar-refractivity contribution is -0.120. The molecule has 1 aliphatic rings. The van der Waals surface area contributed by atoms with Gasteiger partial charge in [0.15, 0.2) is 17.3 Å². The van der Waals surface area contributed by atoms with Crippen LogP contribution in [0.15, 0.2) is 23.3 Å². The maximum absolute atomic E-state index is 11.2. The third-order valence-electron chi connectivity index (χ3n) is 1.63. The van der Waals surface area contributed by atoms with Gasteiger partial charge in [-0.2, -0.15) is 0 Å². The Bertz CT molecular complexity index is 332. The largest absolute Gasteiger partial charge is 0.294 e. The van der Waals surface area contributed by atoms with Crippen molar-refractivity contribution in [3.8, 4) is 0 Å². The van der Waals surface area contributed by atoms with Gasteiger partial charge in [-0.15, -0.1) is 0 Å². The number of Topliss-reactive ketones (excluding diaryl/α,β-unsaturated/α-hetero) is 2. The fourth-order valence-corrected chi connectivity index (χ4v) is 1.00. The minimum absolute atomic E-state index is 0.0139. The molecule has 0 saturated carbocycles. The van der Waals surface area contributed by atoms with Crippen LogP contribution in [0.25, 0.3) is 0 Å². The Morgan fingerprint density at radius 1 is 1.25 bits per heavy atom. The molecule has 0 saturated heterocycles. The van der Waals surface area contributed by atoms with Gasteiger partial charge in [0.2, 0.25) is 0 Å². The maximum Gasteiger partial charge on any atom is 0.192 e. The lowest BCUT2D eigenvalue weighted by Gasteiger charge is -2.06. The standard InChI is InChI=1S/C9H8O3/c1-5-3-7(11)4-8(6(2)10)9(5)12/h3-4H,1-2H3. The summed E-state index contributed by atoms with van der Waals surface area (Å²) < 4.78 is 0. The first-order valence-corrected chi connectivity index (χ1v) is 3.52. The van der Waals surface area contributed by atoms with Crippen molar-refractivity contribution in [2.75, 3.05) is 0 Å². The summed E-state index contributed by atoms with van der Waals surface area (Å²) in [4.78, 5) is 32.9. The zero-order chi connectivity index (χ0) is 9.30. The average Bonchev–Trinajstić information content (AvgIpc) is 1.96. The van der Waals surface area contributed by atoms with Crippen LogP contribution in [0.2, 0.25) is 0 Å². The molecule has 12 heavy (non-hydrogen) atoms. The van der Waals surface area contributed by atoms with E-state index in [1.54, 1.807) is 0 Å². The third-order valence-corrected chi connectivity index (χ3v) is 1.63. The molecule has 0 heterocycles. The summed E-state index contributed by atoms with van der Waals surface area (Å²) >= 11 is 0. The molecule has 1 aliphatic carbocycles. The predicted octanol–water partition coefficient (Wildman–Crippen LogP) is 0.600. The van der Waals surface area contributed by atoms with E-state index in [4.69, 9.17) is 0 Å². The summed E-state index contributed by atoms with van der Waals surface area (Å²) in [5.41, 5.74) is 0.313. The van der Waals surface area contributed by atoms with Crippen LogP contribution >= 0.6 is 0 Å². The molecule has 0 unspecified atom stereocenters. The van der Waals surface area contributed by atoms with Crippen LogP contribution in [-0.4, -0.2) is 17.3 Å². The van der Waals surface area contributed by atoms with E-state index in [0.29, 0.717) is 5.57 Å². The third kappa shape index (κ3) is 1.39. The first-order valence-electron chi connectivity index (χ1n) is 3.52. The molecule has 0 N–H and O–H groups in total. The molecule has 0 spiro atoms. The van der Waals surface area contributed by atoms with Crippen molar-refractivity contribution in [2.45, 2.75) is 13.8 Å². The van der Waals surface area contributed by atoms with E-state index in [-0.39, 0.29) is 22.9 Å². The van der Waals surface area contributed by atoms with Crippen molar-refractivity contribution < 1.29 is 14.4 Å². The molecule has 1 rings (SSSR count). The summed E-state index contributed by atoms with van der Waals surface area (Å²) in [5, 5.41) is 0. The van der Waals surface area contributed by atoms with Gasteiger partial charge in [-0.3, -0.25) is 14.4 Å². The van der Waals surface area contributed by atoms with E-state index >= 15 is 0 Å².